The monoisotopic (exact) mass is 352 g/mol. The molecule has 6 nitrogen and oxygen atoms in total. The van der Waals surface area contributed by atoms with E-state index in [1.54, 1.807) is 37.9 Å². The van der Waals surface area contributed by atoms with Gasteiger partial charge in [0.15, 0.2) is 0 Å². The number of unbranched alkanes of at least 4 members (excludes halogenated alkanes) is 1. The number of carbonyl (C=O) groups excluding carboxylic acids is 2. The molecule has 1 aliphatic heterocycles. The fourth-order valence-electron chi connectivity index (χ4n) is 2.72. The number of nitrogens with zero attached hydrogens (tertiary/aromatic N) is 2. The maximum absolute atomic E-state index is 12.4. The van der Waals surface area contributed by atoms with E-state index in [-0.39, 0.29) is 17.3 Å². The lowest BCUT2D eigenvalue weighted by molar-refractivity contribution is -0.123. The molecule has 24 heavy (non-hydrogen) atoms. The van der Waals surface area contributed by atoms with Gasteiger partial charge in [-0.3, -0.25) is 9.59 Å². The van der Waals surface area contributed by atoms with Crippen LogP contribution in [0.4, 0.5) is 5.69 Å². The van der Waals surface area contributed by atoms with Crippen molar-refractivity contribution in [3.05, 3.63) is 29.8 Å². The highest BCUT2D eigenvalue weighted by atomic mass is 32.2. The van der Waals surface area contributed by atoms with Crippen LogP contribution >= 0.6 is 0 Å². The number of sulfonamides is 1. The van der Waals surface area contributed by atoms with Crippen molar-refractivity contribution < 1.29 is 18.0 Å². The standard InChI is InChI=1S/C17H24N2O4S/c1-5-6-11-18(4)15(20)13-7-9-14(10-8-13)19-16(21)17(2,3)12-24(19,22)23/h7-10H,5-6,11-12H2,1-4H3. The maximum Gasteiger partial charge on any atom is 0.253 e. The Morgan fingerprint density at radius 3 is 2.29 bits per heavy atom. The third-order valence-corrected chi connectivity index (χ3v) is 6.15. The number of carbonyl (C=O) groups is 2. The van der Waals surface area contributed by atoms with Crippen molar-refractivity contribution in [3.8, 4) is 0 Å². The molecule has 1 saturated heterocycles. The van der Waals surface area contributed by atoms with Gasteiger partial charge in [-0.05, 0) is 44.5 Å². The summed E-state index contributed by atoms with van der Waals surface area (Å²) in [5, 5.41) is 0. The second kappa shape index (κ2) is 6.55. The topological polar surface area (TPSA) is 74.8 Å². The number of amides is 2. The number of benzene rings is 1. The molecule has 0 atom stereocenters. The molecule has 2 rings (SSSR count). The Morgan fingerprint density at radius 2 is 1.83 bits per heavy atom. The van der Waals surface area contributed by atoms with Crippen molar-refractivity contribution in [1.82, 2.24) is 4.90 Å². The summed E-state index contributed by atoms with van der Waals surface area (Å²) in [5.74, 6) is -0.771. The van der Waals surface area contributed by atoms with Crippen LogP contribution in [-0.2, 0) is 14.8 Å². The molecule has 7 heteroatoms. The minimum Gasteiger partial charge on any atom is -0.342 e. The Morgan fingerprint density at radius 1 is 1.25 bits per heavy atom. The van der Waals surface area contributed by atoms with Crippen LogP contribution in [0.5, 0.6) is 0 Å². The van der Waals surface area contributed by atoms with E-state index in [9.17, 15) is 18.0 Å². The van der Waals surface area contributed by atoms with E-state index in [0.717, 1.165) is 17.1 Å². The van der Waals surface area contributed by atoms with Gasteiger partial charge in [-0.2, -0.15) is 0 Å². The van der Waals surface area contributed by atoms with Crippen molar-refractivity contribution in [2.45, 2.75) is 33.6 Å². The summed E-state index contributed by atoms with van der Waals surface area (Å²) in [7, 11) is -1.93. The molecule has 1 aromatic rings. The van der Waals surface area contributed by atoms with Gasteiger partial charge in [0, 0.05) is 19.2 Å². The molecule has 1 aliphatic rings. The predicted molar refractivity (Wildman–Crippen MR) is 93.4 cm³/mol. The van der Waals surface area contributed by atoms with Gasteiger partial charge in [0.25, 0.3) is 5.91 Å². The summed E-state index contributed by atoms with van der Waals surface area (Å²) >= 11 is 0. The Labute approximate surface area is 143 Å². The van der Waals surface area contributed by atoms with Gasteiger partial charge < -0.3 is 4.90 Å². The van der Waals surface area contributed by atoms with E-state index < -0.39 is 21.3 Å². The molecule has 2 amide bonds. The lowest BCUT2D eigenvalue weighted by Gasteiger charge is -2.19. The van der Waals surface area contributed by atoms with Crippen LogP contribution in [0, 0.1) is 5.41 Å². The molecule has 0 saturated carbocycles. The highest BCUT2D eigenvalue weighted by molar-refractivity contribution is 7.94. The molecule has 1 heterocycles. The molecule has 0 aliphatic carbocycles. The Balaban J connectivity index is 2.24. The first-order valence-electron chi connectivity index (χ1n) is 8.03. The number of hydrogen-bond acceptors (Lipinski definition) is 4. The highest BCUT2D eigenvalue weighted by Crippen LogP contribution is 2.35. The Kier molecular flexibility index (Phi) is 5.03. The van der Waals surface area contributed by atoms with E-state index in [2.05, 4.69) is 6.92 Å². The third-order valence-electron chi connectivity index (χ3n) is 4.13. The summed E-state index contributed by atoms with van der Waals surface area (Å²) < 4.78 is 25.4. The molecule has 0 spiro atoms. The molecule has 132 valence electrons. The average molecular weight is 352 g/mol. The molecule has 0 unspecified atom stereocenters. The van der Waals surface area contributed by atoms with Crippen molar-refractivity contribution in [2.24, 2.45) is 5.41 Å². The predicted octanol–water partition coefficient (Wildman–Crippen LogP) is 2.26. The van der Waals surface area contributed by atoms with E-state index in [1.165, 1.54) is 12.1 Å². The lowest BCUT2D eigenvalue weighted by Crippen LogP contribution is -2.33. The quantitative estimate of drug-likeness (QED) is 0.815. The summed E-state index contributed by atoms with van der Waals surface area (Å²) in [6.45, 7) is 5.97. The van der Waals surface area contributed by atoms with Gasteiger partial charge in [0.2, 0.25) is 15.9 Å². The first kappa shape index (κ1) is 18.4. The number of rotatable bonds is 5. The molecule has 0 bridgehead atoms. The smallest absolute Gasteiger partial charge is 0.253 e. The van der Waals surface area contributed by atoms with E-state index in [4.69, 9.17) is 0 Å². The van der Waals surface area contributed by atoms with Crippen LogP contribution in [0.15, 0.2) is 24.3 Å². The van der Waals surface area contributed by atoms with Crippen LogP contribution in [-0.4, -0.2) is 44.5 Å². The first-order chi connectivity index (χ1) is 11.1. The fraction of sp³-hybridized carbons (Fsp3) is 0.529. The van der Waals surface area contributed by atoms with Crippen LogP contribution < -0.4 is 4.31 Å². The highest BCUT2D eigenvalue weighted by Gasteiger charge is 2.49. The Bertz CT molecular complexity index is 738. The van der Waals surface area contributed by atoms with Gasteiger partial charge in [0.1, 0.15) is 0 Å². The molecule has 1 aromatic carbocycles. The van der Waals surface area contributed by atoms with Crippen molar-refractivity contribution in [2.75, 3.05) is 23.7 Å². The van der Waals surface area contributed by atoms with Crippen LogP contribution in [0.3, 0.4) is 0 Å². The first-order valence-corrected chi connectivity index (χ1v) is 9.64. The second-order valence-electron chi connectivity index (χ2n) is 6.84. The van der Waals surface area contributed by atoms with Crippen LogP contribution in [0.25, 0.3) is 0 Å². The number of hydrogen-bond donors (Lipinski definition) is 0. The van der Waals surface area contributed by atoms with E-state index in [1.807, 2.05) is 0 Å². The minimum atomic E-state index is -3.67. The molecular weight excluding hydrogens is 328 g/mol. The van der Waals surface area contributed by atoms with Crippen molar-refractivity contribution >= 4 is 27.5 Å². The summed E-state index contributed by atoms with van der Waals surface area (Å²) in [4.78, 5) is 26.3. The zero-order valence-electron chi connectivity index (χ0n) is 14.6. The van der Waals surface area contributed by atoms with E-state index >= 15 is 0 Å². The molecule has 0 aromatic heterocycles. The summed E-state index contributed by atoms with van der Waals surface area (Å²) in [6.07, 6.45) is 1.93. The molecule has 0 N–H and O–H groups in total. The van der Waals surface area contributed by atoms with Crippen LogP contribution in [0.2, 0.25) is 0 Å². The molecular formula is C17H24N2O4S. The maximum atomic E-state index is 12.4. The van der Waals surface area contributed by atoms with Gasteiger partial charge in [-0.15, -0.1) is 0 Å². The normalized spacial score (nSPS) is 18.7. The fourth-order valence-corrected chi connectivity index (χ4v) is 4.83. The molecule has 1 fully saturated rings. The zero-order chi connectivity index (χ0) is 18.1. The van der Waals surface area contributed by atoms with E-state index in [0.29, 0.717) is 12.1 Å². The van der Waals surface area contributed by atoms with Gasteiger partial charge in [-0.1, -0.05) is 13.3 Å². The largest absolute Gasteiger partial charge is 0.342 e. The summed E-state index contributed by atoms with van der Waals surface area (Å²) in [5.41, 5.74) is -0.188. The Hall–Kier alpha value is -1.89. The average Bonchev–Trinajstić information content (AvgIpc) is 2.67. The van der Waals surface area contributed by atoms with Crippen molar-refractivity contribution in [3.63, 3.8) is 0 Å². The summed E-state index contributed by atoms with van der Waals surface area (Å²) in [6, 6.07) is 6.15. The zero-order valence-corrected chi connectivity index (χ0v) is 15.4. The SMILES string of the molecule is CCCCN(C)C(=O)c1ccc(N2C(=O)C(C)(C)CS2(=O)=O)cc1. The number of anilines is 1. The third kappa shape index (κ3) is 3.45. The van der Waals surface area contributed by atoms with Gasteiger partial charge >= 0.3 is 0 Å². The van der Waals surface area contributed by atoms with Crippen molar-refractivity contribution in [1.29, 1.82) is 0 Å². The molecule has 0 radical (unpaired) electrons. The van der Waals surface area contributed by atoms with Crippen LogP contribution in [0.1, 0.15) is 44.0 Å². The minimum absolute atomic E-state index is 0.120. The lowest BCUT2D eigenvalue weighted by atomic mass is 9.95. The second-order valence-corrected chi connectivity index (χ2v) is 8.65. The van der Waals surface area contributed by atoms with Gasteiger partial charge in [0.05, 0.1) is 16.9 Å². The van der Waals surface area contributed by atoms with Gasteiger partial charge in [-0.25, -0.2) is 12.7 Å².